The molecule has 1 aliphatic rings. The first kappa shape index (κ1) is 15.9. The summed E-state index contributed by atoms with van der Waals surface area (Å²) in [6.45, 7) is 9.85. The quantitative estimate of drug-likeness (QED) is 0.893. The maximum Gasteiger partial charge on any atom is 0.0987 e. The Kier molecular flexibility index (Phi) is 5.56. The number of hydrogen-bond acceptors (Lipinski definition) is 3. The van der Waals surface area contributed by atoms with Crippen molar-refractivity contribution in [3.8, 4) is 0 Å². The van der Waals surface area contributed by atoms with Gasteiger partial charge in [-0.25, -0.2) is 0 Å². The molecule has 1 aliphatic carbocycles. The second-order valence-corrected chi connectivity index (χ2v) is 7.83. The molecular formula is C16H29N3S. The van der Waals surface area contributed by atoms with Crippen LogP contribution in [0.2, 0.25) is 0 Å². The molecule has 2 unspecified atom stereocenters. The van der Waals surface area contributed by atoms with E-state index < -0.39 is 0 Å². The van der Waals surface area contributed by atoms with Gasteiger partial charge in [-0.3, -0.25) is 4.68 Å². The lowest BCUT2D eigenvalue weighted by molar-refractivity contribution is 0.393. The molecule has 0 saturated heterocycles. The fourth-order valence-electron chi connectivity index (χ4n) is 2.98. The minimum Gasteiger partial charge on any atom is -0.310 e. The van der Waals surface area contributed by atoms with Crippen LogP contribution >= 0.6 is 11.8 Å². The van der Waals surface area contributed by atoms with Gasteiger partial charge in [0.05, 0.1) is 10.7 Å². The molecule has 2 rings (SSSR count). The summed E-state index contributed by atoms with van der Waals surface area (Å²) in [5.74, 6) is 0.882. The Morgan fingerprint density at radius 3 is 2.80 bits per heavy atom. The summed E-state index contributed by atoms with van der Waals surface area (Å²) in [6.07, 6.45) is 5.50. The molecule has 1 saturated carbocycles. The van der Waals surface area contributed by atoms with Crippen LogP contribution in [-0.4, -0.2) is 21.1 Å². The molecule has 0 aliphatic heterocycles. The van der Waals surface area contributed by atoms with E-state index in [9.17, 15) is 0 Å². The van der Waals surface area contributed by atoms with Crippen LogP contribution in [0.25, 0.3) is 0 Å². The Morgan fingerprint density at radius 1 is 1.40 bits per heavy atom. The minimum absolute atomic E-state index is 0.516. The van der Waals surface area contributed by atoms with Crippen molar-refractivity contribution >= 4 is 11.8 Å². The largest absolute Gasteiger partial charge is 0.310 e. The highest BCUT2D eigenvalue weighted by Crippen LogP contribution is 2.37. The number of aromatic nitrogens is 2. The van der Waals surface area contributed by atoms with Gasteiger partial charge in [0, 0.05) is 30.4 Å². The fraction of sp³-hybridized carbons (Fsp3) is 0.812. The van der Waals surface area contributed by atoms with Gasteiger partial charge in [0.25, 0.3) is 0 Å². The molecule has 0 radical (unpaired) electrons. The van der Waals surface area contributed by atoms with Crippen LogP contribution in [-0.2, 0) is 13.6 Å². The molecule has 0 amide bonds. The summed E-state index contributed by atoms with van der Waals surface area (Å²) in [7, 11) is 2.08. The Morgan fingerprint density at radius 2 is 2.15 bits per heavy atom. The van der Waals surface area contributed by atoms with Crippen molar-refractivity contribution in [1.82, 2.24) is 15.1 Å². The second kappa shape index (κ2) is 6.99. The van der Waals surface area contributed by atoms with E-state index in [2.05, 4.69) is 61.6 Å². The summed E-state index contributed by atoms with van der Waals surface area (Å²) >= 11 is 2.05. The van der Waals surface area contributed by atoms with Gasteiger partial charge in [-0.2, -0.15) is 5.10 Å². The molecule has 114 valence electrons. The normalized spacial score (nSPS) is 23.5. The Labute approximate surface area is 127 Å². The third-order valence-electron chi connectivity index (χ3n) is 4.14. The standard InChI is InChI=1S/C16H29N3S/c1-11(2)17-10-15-13(4)18-19(5)16(15)20-14-8-6-7-12(3)9-14/h11-12,14,17H,6-10H2,1-5H3. The lowest BCUT2D eigenvalue weighted by Crippen LogP contribution is -2.22. The smallest absolute Gasteiger partial charge is 0.0987 e. The molecule has 1 fully saturated rings. The van der Waals surface area contributed by atoms with Gasteiger partial charge in [0.1, 0.15) is 0 Å². The van der Waals surface area contributed by atoms with Crippen LogP contribution < -0.4 is 5.32 Å². The number of nitrogens with one attached hydrogen (secondary N) is 1. The van der Waals surface area contributed by atoms with E-state index >= 15 is 0 Å². The highest BCUT2D eigenvalue weighted by molar-refractivity contribution is 7.99. The van der Waals surface area contributed by atoms with Crippen molar-refractivity contribution in [2.24, 2.45) is 13.0 Å². The molecule has 0 aromatic carbocycles. The number of hydrogen-bond donors (Lipinski definition) is 1. The summed E-state index contributed by atoms with van der Waals surface area (Å²) in [6, 6.07) is 0.516. The highest BCUT2D eigenvalue weighted by atomic mass is 32.2. The van der Waals surface area contributed by atoms with E-state index in [0.717, 1.165) is 17.7 Å². The lowest BCUT2D eigenvalue weighted by atomic mass is 9.91. The Balaban J connectivity index is 2.09. The third kappa shape index (κ3) is 4.01. The zero-order chi connectivity index (χ0) is 14.7. The molecule has 4 heteroatoms. The number of aryl methyl sites for hydroxylation is 2. The van der Waals surface area contributed by atoms with Gasteiger partial charge >= 0.3 is 0 Å². The molecule has 1 aromatic rings. The topological polar surface area (TPSA) is 29.9 Å². The van der Waals surface area contributed by atoms with Gasteiger partial charge in [-0.05, 0) is 25.7 Å². The zero-order valence-corrected chi connectivity index (χ0v) is 14.4. The van der Waals surface area contributed by atoms with Crippen LogP contribution in [0.3, 0.4) is 0 Å². The number of rotatable bonds is 5. The summed E-state index contributed by atoms with van der Waals surface area (Å²) in [5.41, 5.74) is 2.57. The van der Waals surface area contributed by atoms with Crippen LogP contribution in [0.1, 0.15) is 57.7 Å². The van der Waals surface area contributed by atoms with Crippen molar-refractivity contribution in [3.05, 3.63) is 11.3 Å². The molecule has 0 spiro atoms. The molecular weight excluding hydrogens is 266 g/mol. The molecule has 2 atom stereocenters. The molecule has 1 heterocycles. The Hall–Kier alpha value is -0.480. The van der Waals surface area contributed by atoms with E-state index in [1.807, 2.05) is 0 Å². The van der Waals surface area contributed by atoms with Gasteiger partial charge < -0.3 is 5.32 Å². The Bertz CT molecular complexity index is 439. The third-order valence-corrected chi connectivity index (χ3v) is 5.64. The maximum atomic E-state index is 4.63. The zero-order valence-electron chi connectivity index (χ0n) is 13.6. The van der Waals surface area contributed by atoms with Gasteiger partial charge in [-0.15, -0.1) is 11.8 Å². The highest BCUT2D eigenvalue weighted by Gasteiger charge is 2.23. The van der Waals surface area contributed by atoms with Crippen LogP contribution in [0, 0.1) is 12.8 Å². The maximum absolute atomic E-state index is 4.63. The lowest BCUT2D eigenvalue weighted by Gasteiger charge is -2.26. The van der Waals surface area contributed by atoms with Crippen molar-refractivity contribution in [2.75, 3.05) is 0 Å². The van der Waals surface area contributed by atoms with Crippen molar-refractivity contribution in [1.29, 1.82) is 0 Å². The van der Waals surface area contributed by atoms with E-state index in [1.54, 1.807) is 0 Å². The number of nitrogens with zero attached hydrogens (tertiary/aromatic N) is 2. The average molecular weight is 295 g/mol. The van der Waals surface area contributed by atoms with E-state index in [-0.39, 0.29) is 0 Å². The average Bonchev–Trinajstić information content (AvgIpc) is 2.62. The first-order valence-electron chi connectivity index (χ1n) is 7.90. The fourth-order valence-corrected chi connectivity index (χ4v) is 4.56. The summed E-state index contributed by atoms with van der Waals surface area (Å²) in [5, 5.41) is 10.3. The monoisotopic (exact) mass is 295 g/mol. The SMILES string of the molecule is Cc1nn(C)c(SC2CCCC(C)C2)c1CNC(C)C. The molecule has 1 aromatic heterocycles. The van der Waals surface area contributed by atoms with Crippen molar-refractivity contribution < 1.29 is 0 Å². The van der Waals surface area contributed by atoms with Crippen LogP contribution in [0.4, 0.5) is 0 Å². The van der Waals surface area contributed by atoms with Gasteiger partial charge in [0.15, 0.2) is 0 Å². The van der Waals surface area contributed by atoms with Gasteiger partial charge in [-0.1, -0.05) is 33.6 Å². The first-order chi connectivity index (χ1) is 9.47. The van der Waals surface area contributed by atoms with Crippen LogP contribution in [0.15, 0.2) is 5.03 Å². The van der Waals surface area contributed by atoms with E-state index in [0.29, 0.717) is 6.04 Å². The predicted octanol–water partition coefficient (Wildman–Crippen LogP) is 3.90. The predicted molar refractivity (Wildman–Crippen MR) is 87.2 cm³/mol. The molecule has 20 heavy (non-hydrogen) atoms. The summed E-state index contributed by atoms with van der Waals surface area (Å²) < 4.78 is 2.08. The minimum atomic E-state index is 0.516. The van der Waals surface area contributed by atoms with Gasteiger partial charge in [0.2, 0.25) is 0 Å². The van der Waals surface area contributed by atoms with Crippen LogP contribution in [0.5, 0.6) is 0 Å². The molecule has 1 N–H and O–H groups in total. The van der Waals surface area contributed by atoms with E-state index in [4.69, 9.17) is 0 Å². The van der Waals surface area contributed by atoms with E-state index in [1.165, 1.54) is 42.0 Å². The molecule has 0 bridgehead atoms. The number of thioether (sulfide) groups is 1. The molecule has 3 nitrogen and oxygen atoms in total. The van der Waals surface area contributed by atoms with Crippen molar-refractivity contribution in [2.45, 2.75) is 76.2 Å². The second-order valence-electron chi connectivity index (χ2n) is 6.54. The van der Waals surface area contributed by atoms with Crippen molar-refractivity contribution in [3.63, 3.8) is 0 Å². The summed E-state index contributed by atoms with van der Waals surface area (Å²) in [4.78, 5) is 0. The first-order valence-corrected chi connectivity index (χ1v) is 8.77.